The molecule has 1 unspecified atom stereocenters. The minimum atomic E-state index is -0.720. The van der Waals surface area contributed by atoms with Crippen LogP contribution in [0.25, 0.3) is 0 Å². The van der Waals surface area contributed by atoms with Crippen LogP contribution >= 0.6 is 11.8 Å². The Kier molecular flexibility index (Phi) is 3.41. The van der Waals surface area contributed by atoms with Gasteiger partial charge in [0.15, 0.2) is 0 Å². The van der Waals surface area contributed by atoms with Crippen LogP contribution in [0.15, 0.2) is 22.5 Å². The van der Waals surface area contributed by atoms with Crippen LogP contribution in [0.2, 0.25) is 0 Å². The Labute approximate surface area is 76.4 Å². The Morgan fingerprint density at radius 2 is 2.50 bits per heavy atom. The summed E-state index contributed by atoms with van der Waals surface area (Å²) in [5.74, 6) is -0.312. The molecular formula is C9H12O2S. The molecule has 0 saturated heterocycles. The summed E-state index contributed by atoms with van der Waals surface area (Å²) in [7, 11) is 0. The van der Waals surface area contributed by atoms with E-state index in [9.17, 15) is 4.79 Å². The van der Waals surface area contributed by atoms with Crippen LogP contribution in [0.1, 0.15) is 19.8 Å². The number of allylic oxidation sites excluding steroid dienone is 2. The summed E-state index contributed by atoms with van der Waals surface area (Å²) in [5.41, 5.74) is 1.23. The van der Waals surface area contributed by atoms with Crippen LogP contribution in [-0.4, -0.2) is 11.1 Å². The molecular weight excluding hydrogens is 172 g/mol. The standard InChI is InChI=1S/C9H12O2S/c1-7-4-5-12-6-8(7)2-3-9(10)11/h4-7H,2-3H2,1H3,(H,10,11). The van der Waals surface area contributed by atoms with Crippen molar-refractivity contribution in [2.75, 3.05) is 0 Å². The molecule has 3 heteroatoms. The van der Waals surface area contributed by atoms with Gasteiger partial charge < -0.3 is 5.11 Å². The molecule has 0 bridgehead atoms. The Morgan fingerprint density at radius 3 is 3.08 bits per heavy atom. The van der Waals surface area contributed by atoms with Crippen LogP contribution in [0.3, 0.4) is 0 Å². The lowest BCUT2D eigenvalue weighted by Crippen LogP contribution is -2.02. The first-order chi connectivity index (χ1) is 5.70. The van der Waals surface area contributed by atoms with E-state index in [2.05, 4.69) is 13.0 Å². The fourth-order valence-electron chi connectivity index (χ4n) is 1.06. The molecule has 0 aromatic carbocycles. The van der Waals surface area contributed by atoms with E-state index in [1.54, 1.807) is 11.8 Å². The third kappa shape index (κ3) is 2.74. The molecule has 1 N–H and O–H groups in total. The summed E-state index contributed by atoms with van der Waals surface area (Å²) in [6.07, 6.45) is 3.01. The molecule has 0 radical (unpaired) electrons. The van der Waals surface area contributed by atoms with Crippen molar-refractivity contribution in [1.29, 1.82) is 0 Å². The van der Waals surface area contributed by atoms with Gasteiger partial charge in [-0.1, -0.05) is 18.6 Å². The quantitative estimate of drug-likeness (QED) is 0.732. The maximum absolute atomic E-state index is 10.3. The van der Waals surface area contributed by atoms with E-state index < -0.39 is 5.97 Å². The van der Waals surface area contributed by atoms with Crippen molar-refractivity contribution < 1.29 is 9.90 Å². The first-order valence-electron chi connectivity index (χ1n) is 3.93. The van der Waals surface area contributed by atoms with Crippen LogP contribution < -0.4 is 0 Å². The number of carboxylic acids is 1. The number of thioether (sulfide) groups is 1. The average Bonchev–Trinajstić information content (AvgIpc) is 2.03. The smallest absolute Gasteiger partial charge is 0.303 e. The second-order valence-corrected chi connectivity index (χ2v) is 3.62. The first kappa shape index (κ1) is 9.39. The zero-order valence-electron chi connectivity index (χ0n) is 6.99. The monoisotopic (exact) mass is 184 g/mol. The number of aliphatic carboxylic acids is 1. The summed E-state index contributed by atoms with van der Waals surface area (Å²) >= 11 is 1.62. The lowest BCUT2D eigenvalue weighted by Gasteiger charge is -2.13. The van der Waals surface area contributed by atoms with E-state index in [1.807, 2.05) is 10.8 Å². The number of rotatable bonds is 3. The van der Waals surface area contributed by atoms with Gasteiger partial charge in [-0.3, -0.25) is 4.79 Å². The SMILES string of the molecule is CC1C=CSC=C1CCC(=O)O. The predicted octanol–water partition coefficient (Wildman–Crippen LogP) is 2.63. The Balaban J connectivity index is 2.41. The van der Waals surface area contributed by atoms with Crippen molar-refractivity contribution in [3.63, 3.8) is 0 Å². The Bertz CT molecular complexity index is 231. The average molecular weight is 184 g/mol. The molecule has 1 aliphatic rings. The molecule has 1 aliphatic heterocycles. The van der Waals surface area contributed by atoms with Gasteiger partial charge in [0.2, 0.25) is 0 Å². The largest absolute Gasteiger partial charge is 0.481 e. The summed E-state index contributed by atoms with van der Waals surface area (Å²) < 4.78 is 0. The van der Waals surface area contributed by atoms with Crippen molar-refractivity contribution >= 4 is 17.7 Å². The number of carbonyl (C=O) groups is 1. The highest BCUT2D eigenvalue weighted by atomic mass is 32.2. The summed E-state index contributed by atoms with van der Waals surface area (Å²) in [6.45, 7) is 2.09. The summed E-state index contributed by atoms with van der Waals surface area (Å²) in [5, 5.41) is 12.6. The van der Waals surface area contributed by atoms with E-state index >= 15 is 0 Å². The van der Waals surface area contributed by atoms with Crippen molar-refractivity contribution in [1.82, 2.24) is 0 Å². The maximum atomic E-state index is 10.3. The zero-order chi connectivity index (χ0) is 8.97. The van der Waals surface area contributed by atoms with Crippen LogP contribution in [0, 0.1) is 5.92 Å². The van der Waals surface area contributed by atoms with E-state index in [-0.39, 0.29) is 6.42 Å². The van der Waals surface area contributed by atoms with Gasteiger partial charge in [0, 0.05) is 6.42 Å². The topological polar surface area (TPSA) is 37.3 Å². The van der Waals surface area contributed by atoms with Gasteiger partial charge in [0.25, 0.3) is 0 Å². The van der Waals surface area contributed by atoms with Crippen molar-refractivity contribution in [3.8, 4) is 0 Å². The molecule has 12 heavy (non-hydrogen) atoms. The highest BCUT2D eigenvalue weighted by Crippen LogP contribution is 2.27. The van der Waals surface area contributed by atoms with Gasteiger partial charge in [-0.25, -0.2) is 0 Å². The fraction of sp³-hybridized carbons (Fsp3) is 0.444. The summed E-state index contributed by atoms with van der Waals surface area (Å²) in [4.78, 5) is 10.3. The predicted molar refractivity (Wildman–Crippen MR) is 50.8 cm³/mol. The Hall–Kier alpha value is -0.700. The van der Waals surface area contributed by atoms with Crippen LogP contribution in [0.5, 0.6) is 0 Å². The second kappa shape index (κ2) is 4.36. The molecule has 1 rings (SSSR count). The highest BCUT2D eigenvalue weighted by molar-refractivity contribution is 8.04. The van der Waals surface area contributed by atoms with Gasteiger partial charge in [-0.05, 0) is 23.2 Å². The third-order valence-corrected chi connectivity index (χ3v) is 2.63. The fourth-order valence-corrected chi connectivity index (χ4v) is 1.97. The normalized spacial score (nSPS) is 22.1. The number of hydrogen-bond donors (Lipinski definition) is 1. The Morgan fingerprint density at radius 1 is 1.75 bits per heavy atom. The van der Waals surface area contributed by atoms with Gasteiger partial charge in [0.05, 0.1) is 0 Å². The molecule has 1 atom stereocenters. The van der Waals surface area contributed by atoms with Gasteiger partial charge in [0.1, 0.15) is 0 Å². The summed E-state index contributed by atoms with van der Waals surface area (Å²) in [6, 6.07) is 0. The lowest BCUT2D eigenvalue weighted by atomic mass is 9.98. The molecule has 1 heterocycles. The molecule has 0 aromatic heterocycles. The van der Waals surface area contributed by atoms with E-state index in [0.717, 1.165) is 0 Å². The van der Waals surface area contributed by atoms with E-state index in [4.69, 9.17) is 5.11 Å². The number of carboxylic acid groups (broad SMARTS) is 1. The van der Waals surface area contributed by atoms with Gasteiger partial charge in [-0.2, -0.15) is 0 Å². The van der Waals surface area contributed by atoms with Crippen molar-refractivity contribution in [2.45, 2.75) is 19.8 Å². The molecule has 0 aromatic rings. The van der Waals surface area contributed by atoms with Crippen molar-refractivity contribution in [3.05, 3.63) is 22.5 Å². The van der Waals surface area contributed by atoms with Gasteiger partial charge in [-0.15, -0.1) is 11.8 Å². The molecule has 0 spiro atoms. The number of hydrogen-bond acceptors (Lipinski definition) is 2. The molecule has 0 saturated carbocycles. The third-order valence-electron chi connectivity index (χ3n) is 1.88. The highest BCUT2D eigenvalue weighted by Gasteiger charge is 2.09. The van der Waals surface area contributed by atoms with E-state index in [0.29, 0.717) is 12.3 Å². The van der Waals surface area contributed by atoms with Crippen LogP contribution in [-0.2, 0) is 4.79 Å². The molecule has 66 valence electrons. The minimum Gasteiger partial charge on any atom is -0.481 e. The minimum absolute atomic E-state index is 0.241. The first-order valence-corrected chi connectivity index (χ1v) is 4.87. The zero-order valence-corrected chi connectivity index (χ0v) is 7.80. The van der Waals surface area contributed by atoms with Crippen molar-refractivity contribution in [2.24, 2.45) is 5.92 Å². The van der Waals surface area contributed by atoms with Gasteiger partial charge >= 0.3 is 5.97 Å². The molecule has 0 aliphatic carbocycles. The molecule has 2 nitrogen and oxygen atoms in total. The second-order valence-electron chi connectivity index (χ2n) is 2.84. The molecule has 0 amide bonds. The van der Waals surface area contributed by atoms with E-state index in [1.165, 1.54) is 5.57 Å². The maximum Gasteiger partial charge on any atom is 0.303 e. The molecule has 0 fully saturated rings. The van der Waals surface area contributed by atoms with Crippen LogP contribution in [0.4, 0.5) is 0 Å². The lowest BCUT2D eigenvalue weighted by molar-refractivity contribution is -0.136.